The summed E-state index contributed by atoms with van der Waals surface area (Å²) >= 11 is 6.07. The van der Waals surface area contributed by atoms with Crippen LogP contribution in [-0.2, 0) is 23.1 Å². The molecule has 0 atom stereocenters. The Morgan fingerprint density at radius 3 is 2.43 bits per heavy atom. The Hall–Kier alpha value is -1.47. The van der Waals surface area contributed by atoms with Gasteiger partial charge in [0.25, 0.3) is 0 Å². The Bertz CT molecular complexity index is 720. The molecule has 1 aromatic carbocycles. The van der Waals surface area contributed by atoms with E-state index >= 15 is 0 Å². The van der Waals surface area contributed by atoms with Gasteiger partial charge < -0.3 is 5.73 Å². The second-order valence-electron chi connectivity index (χ2n) is 4.59. The van der Waals surface area contributed by atoms with Gasteiger partial charge in [-0.25, -0.2) is 8.42 Å². The van der Waals surface area contributed by atoms with Crippen LogP contribution in [0.1, 0.15) is 11.1 Å². The van der Waals surface area contributed by atoms with Crippen LogP contribution < -0.4 is 5.73 Å². The van der Waals surface area contributed by atoms with Crippen LogP contribution in [0.25, 0.3) is 0 Å². The third kappa shape index (κ3) is 3.59. The summed E-state index contributed by atoms with van der Waals surface area (Å²) in [5.41, 5.74) is 7.16. The van der Waals surface area contributed by atoms with Crippen molar-refractivity contribution in [3.63, 3.8) is 0 Å². The lowest BCUT2D eigenvalue weighted by atomic mass is 10.2. The zero-order valence-corrected chi connectivity index (χ0v) is 13.1. The zero-order chi connectivity index (χ0) is 15.5. The average molecular weight is 326 g/mol. The first-order valence-corrected chi connectivity index (χ1v) is 8.10. The summed E-state index contributed by atoms with van der Waals surface area (Å²) in [6, 6.07) is 8.27. The summed E-state index contributed by atoms with van der Waals surface area (Å²) < 4.78 is 26.4. The number of sulfonamides is 1. The van der Waals surface area contributed by atoms with Gasteiger partial charge in [0.2, 0.25) is 10.0 Å². The van der Waals surface area contributed by atoms with Gasteiger partial charge in [0.15, 0.2) is 0 Å². The van der Waals surface area contributed by atoms with Crippen LogP contribution in [-0.4, -0.2) is 24.8 Å². The van der Waals surface area contributed by atoms with Crippen LogP contribution in [0.3, 0.4) is 0 Å². The van der Waals surface area contributed by atoms with Crippen LogP contribution in [0.15, 0.2) is 47.6 Å². The number of aromatic nitrogens is 1. The molecule has 0 spiro atoms. The molecular weight excluding hydrogens is 310 g/mol. The van der Waals surface area contributed by atoms with Gasteiger partial charge in [-0.05, 0) is 35.4 Å². The molecule has 0 radical (unpaired) electrons. The molecule has 2 N–H and O–H groups in total. The van der Waals surface area contributed by atoms with Crippen molar-refractivity contribution in [2.45, 2.75) is 18.0 Å². The molecule has 0 aliphatic rings. The van der Waals surface area contributed by atoms with E-state index in [0.29, 0.717) is 6.54 Å². The third-order valence-corrected chi connectivity index (χ3v) is 5.36. The molecule has 2 aromatic rings. The van der Waals surface area contributed by atoms with E-state index < -0.39 is 10.0 Å². The molecule has 1 aromatic heterocycles. The molecule has 2 rings (SSSR count). The predicted molar refractivity (Wildman–Crippen MR) is 82.2 cm³/mol. The first kappa shape index (κ1) is 15.9. The van der Waals surface area contributed by atoms with E-state index in [2.05, 4.69) is 4.98 Å². The minimum atomic E-state index is -3.65. The maximum atomic E-state index is 12.6. The minimum absolute atomic E-state index is 0.0814. The quantitative estimate of drug-likeness (QED) is 0.912. The molecule has 7 heteroatoms. The first-order valence-electron chi connectivity index (χ1n) is 6.29. The maximum Gasteiger partial charge on any atom is 0.244 e. The average Bonchev–Trinajstić information content (AvgIpc) is 2.47. The van der Waals surface area contributed by atoms with E-state index in [4.69, 9.17) is 17.3 Å². The Kier molecular flexibility index (Phi) is 4.95. The maximum absolute atomic E-state index is 12.6. The van der Waals surface area contributed by atoms with Gasteiger partial charge in [0.05, 0.1) is 5.02 Å². The van der Waals surface area contributed by atoms with Gasteiger partial charge in [-0.1, -0.05) is 17.7 Å². The van der Waals surface area contributed by atoms with E-state index in [-0.39, 0.29) is 16.5 Å². The molecule has 0 amide bonds. The summed E-state index contributed by atoms with van der Waals surface area (Å²) in [5.74, 6) is 0. The molecule has 0 saturated heterocycles. The SMILES string of the molecule is CN(Cc1ccncc1)S(=O)(=O)c1ccc(CN)cc1Cl. The lowest BCUT2D eigenvalue weighted by Crippen LogP contribution is -2.26. The highest BCUT2D eigenvalue weighted by atomic mass is 35.5. The van der Waals surface area contributed by atoms with E-state index in [1.165, 1.54) is 17.4 Å². The lowest BCUT2D eigenvalue weighted by Gasteiger charge is -2.18. The van der Waals surface area contributed by atoms with E-state index in [1.54, 1.807) is 36.7 Å². The molecular formula is C14H16ClN3O2S. The Morgan fingerprint density at radius 1 is 1.19 bits per heavy atom. The molecule has 0 aliphatic heterocycles. The van der Waals surface area contributed by atoms with Crippen molar-refractivity contribution in [1.29, 1.82) is 0 Å². The highest BCUT2D eigenvalue weighted by Crippen LogP contribution is 2.25. The zero-order valence-electron chi connectivity index (χ0n) is 11.5. The summed E-state index contributed by atoms with van der Waals surface area (Å²) in [7, 11) is -2.14. The summed E-state index contributed by atoms with van der Waals surface area (Å²) in [4.78, 5) is 3.99. The van der Waals surface area contributed by atoms with Crippen LogP contribution in [0.4, 0.5) is 0 Å². The lowest BCUT2D eigenvalue weighted by molar-refractivity contribution is 0.466. The summed E-state index contributed by atoms with van der Waals surface area (Å²) in [6.45, 7) is 0.562. The van der Waals surface area contributed by atoms with Gasteiger partial charge in [0.1, 0.15) is 4.90 Å². The fraction of sp³-hybridized carbons (Fsp3) is 0.214. The Labute approximate surface area is 129 Å². The molecule has 21 heavy (non-hydrogen) atoms. The fourth-order valence-corrected chi connectivity index (χ4v) is 3.57. The number of pyridine rings is 1. The second-order valence-corrected chi connectivity index (χ2v) is 7.01. The second kappa shape index (κ2) is 6.53. The van der Waals surface area contributed by atoms with Crippen molar-refractivity contribution in [3.8, 4) is 0 Å². The van der Waals surface area contributed by atoms with Crippen molar-refractivity contribution in [3.05, 3.63) is 58.9 Å². The molecule has 112 valence electrons. The minimum Gasteiger partial charge on any atom is -0.326 e. The number of halogens is 1. The van der Waals surface area contributed by atoms with Gasteiger partial charge >= 0.3 is 0 Å². The van der Waals surface area contributed by atoms with Crippen molar-refractivity contribution in [2.24, 2.45) is 5.73 Å². The fourth-order valence-electron chi connectivity index (χ4n) is 1.88. The smallest absolute Gasteiger partial charge is 0.244 e. The highest BCUT2D eigenvalue weighted by molar-refractivity contribution is 7.89. The normalized spacial score (nSPS) is 11.8. The molecule has 1 heterocycles. The largest absolute Gasteiger partial charge is 0.326 e. The standard InChI is InChI=1S/C14H16ClN3O2S/c1-18(10-11-4-6-17-7-5-11)21(19,20)14-3-2-12(9-16)8-13(14)15/h2-8H,9-10,16H2,1H3. The van der Waals surface area contributed by atoms with Crippen LogP contribution in [0.5, 0.6) is 0 Å². The summed E-state index contributed by atoms with van der Waals surface area (Å²) in [5, 5.41) is 0.180. The number of benzene rings is 1. The summed E-state index contributed by atoms with van der Waals surface area (Å²) in [6.07, 6.45) is 3.25. The van der Waals surface area contributed by atoms with E-state index in [9.17, 15) is 8.42 Å². The molecule has 0 unspecified atom stereocenters. The monoisotopic (exact) mass is 325 g/mol. The van der Waals surface area contributed by atoms with Crippen LogP contribution in [0.2, 0.25) is 5.02 Å². The van der Waals surface area contributed by atoms with E-state index in [1.807, 2.05) is 0 Å². The van der Waals surface area contributed by atoms with Gasteiger partial charge in [0, 0.05) is 32.5 Å². The highest BCUT2D eigenvalue weighted by Gasteiger charge is 2.23. The Balaban J connectivity index is 2.29. The number of hydrogen-bond donors (Lipinski definition) is 1. The topological polar surface area (TPSA) is 76.3 Å². The number of nitrogens with two attached hydrogens (primary N) is 1. The molecule has 5 nitrogen and oxygen atoms in total. The van der Waals surface area contributed by atoms with E-state index in [0.717, 1.165) is 11.1 Å². The van der Waals surface area contributed by atoms with Crippen molar-refractivity contribution >= 4 is 21.6 Å². The molecule has 0 bridgehead atoms. The number of rotatable bonds is 5. The third-order valence-electron chi connectivity index (χ3n) is 3.07. The molecule has 0 aliphatic carbocycles. The molecule has 0 fully saturated rings. The van der Waals surface area contributed by atoms with Crippen molar-refractivity contribution in [2.75, 3.05) is 7.05 Å². The van der Waals surface area contributed by atoms with Crippen LogP contribution >= 0.6 is 11.6 Å². The Morgan fingerprint density at radius 2 is 1.86 bits per heavy atom. The van der Waals surface area contributed by atoms with Crippen molar-refractivity contribution < 1.29 is 8.42 Å². The number of nitrogens with zero attached hydrogens (tertiary/aromatic N) is 2. The first-order chi connectivity index (χ1) is 9.95. The van der Waals surface area contributed by atoms with Gasteiger partial charge in [-0.2, -0.15) is 4.31 Å². The molecule has 0 saturated carbocycles. The predicted octanol–water partition coefficient (Wildman–Crippen LogP) is 2.01. The van der Waals surface area contributed by atoms with Gasteiger partial charge in [-0.15, -0.1) is 0 Å². The number of hydrogen-bond acceptors (Lipinski definition) is 4. The van der Waals surface area contributed by atoms with Gasteiger partial charge in [-0.3, -0.25) is 4.98 Å². The van der Waals surface area contributed by atoms with Crippen molar-refractivity contribution in [1.82, 2.24) is 9.29 Å². The van der Waals surface area contributed by atoms with Crippen LogP contribution in [0, 0.1) is 0 Å².